The molecule has 0 saturated carbocycles. The number of carboxylic acids is 1. The molecule has 0 aliphatic carbocycles. The molecule has 1 atom stereocenters. The van der Waals surface area contributed by atoms with E-state index < -0.39 is 11.5 Å². The van der Waals surface area contributed by atoms with Crippen LogP contribution in [0, 0.1) is 0 Å². The number of nitrogens with zero attached hydrogens (tertiary/aromatic N) is 1. The van der Waals surface area contributed by atoms with Crippen molar-refractivity contribution < 1.29 is 14.6 Å². The molecule has 112 valence electrons. The summed E-state index contributed by atoms with van der Waals surface area (Å²) < 4.78 is 5.76. The minimum absolute atomic E-state index is 0.0519. The maximum Gasteiger partial charge on any atom is 0.327 e. The van der Waals surface area contributed by atoms with Crippen molar-refractivity contribution in [2.24, 2.45) is 0 Å². The number of hydrogen-bond donors (Lipinski definition) is 2. The standard InChI is InChI=1S/C16H20N2O3/c1-3-9-18-16(2,15(19)20)11-21-14-8-4-7-13-12(14)6-5-10-17-13/h4-8,10,18H,3,9,11H2,1-2H3,(H,19,20). The Kier molecular flexibility index (Phi) is 4.75. The Labute approximate surface area is 124 Å². The number of hydrogen-bond acceptors (Lipinski definition) is 4. The first-order valence-corrected chi connectivity index (χ1v) is 7.02. The average molecular weight is 288 g/mol. The zero-order valence-electron chi connectivity index (χ0n) is 12.3. The zero-order valence-corrected chi connectivity index (χ0v) is 12.3. The van der Waals surface area contributed by atoms with E-state index in [9.17, 15) is 9.90 Å². The summed E-state index contributed by atoms with van der Waals surface area (Å²) in [7, 11) is 0. The van der Waals surface area contributed by atoms with E-state index in [1.54, 1.807) is 13.1 Å². The number of fused-ring (bicyclic) bond motifs is 1. The number of carbonyl (C=O) groups is 1. The number of nitrogens with one attached hydrogen (secondary N) is 1. The monoisotopic (exact) mass is 288 g/mol. The highest BCUT2D eigenvalue weighted by atomic mass is 16.5. The molecule has 5 heteroatoms. The fourth-order valence-corrected chi connectivity index (χ4v) is 2.01. The van der Waals surface area contributed by atoms with E-state index in [4.69, 9.17) is 4.74 Å². The van der Waals surface area contributed by atoms with Crippen LogP contribution >= 0.6 is 0 Å². The minimum Gasteiger partial charge on any atom is -0.490 e. The summed E-state index contributed by atoms with van der Waals surface area (Å²) in [5, 5.41) is 13.3. The number of benzene rings is 1. The molecule has 1 aromatic heterocycles. The van der Waals surface area contributed by atoms with Crippen LogP contribution in [0.5, 0.6) is 5.75 Å². The second-order valence-electron chi connectivity index (χ2n) is 5.18. The Balaban J connectivity index is 2.18. The number of pyridine rings is 1. The maximum atomic E-state index is 11.5. The first-order chi connectivity index (χ1) is 10.1. The largest absolute Gasteiger partial charge is 0.490 e. The average Bonchev–Trinajstić information content (AvgIpc) is 2.50. The van der Waals surface area contributed by atoms with Crippen LogP contribution in [0.15, 0.2) is 36.5 Å². The minimum atomic E-state index is -1.11. The van der Waals surface area contributed by atoms with Gasteiger partial charge in [0.2, 0.25) is 0 Å². The Morgan fingerprint density at radius 2 is 2.19 bits per heavy atom. The predicted octanol–water partition coefficient (Wildman–Crippen LogP) is 2.46. The van der Waals surface area contributed by atoms with Gasteiger partial charge in [0.05, 0.1) is 5.52 Å². The highest BCUT2D eigenvalue weighted by Gasteiger charge is 2.33. The van der Waals surface area contributed by atoms with Gasteiger partial charge < -0.3 is 9.84 Å². The van der Waals surface area contributed by atoms with Crippen LogP contribution in [-0.2, 0) is 4.79 Å². The lowest BCUT2D eigenvalue weighted by atomic mass is 10.0. The lowest BCUT2D eigenvalue weighted by molar-refractivity contribution is -0.145. The van der Waals surface area contributed by atoms with Crippen LogP contribution in [0.3, 0.4) is 0 Å². The fourth-order valence-electron chi connectivity index (χ4n) is 2.01. The third-order valence-corrected chi connectivity index (χ3v) is 3.36. The van der Waals surface area contributed by atoms with Gasteiger partial charge in [0, 0.05) is 11.6 Å². The van der Waals surface area contributed by atoms with E-state index in [1.165, 1.54) is 0 Å². The molecular formula is C16H20N2O3. The van der Waals surface area contributed by atoms with Crippen molar-refractivity contribution in [2.45, 2.75) is 25.8 Å². The van der Waals surface area contributed by atoms with Gasteiger partial charge in [-0.15, -0.1) is 0 Å². The Morgan fingerprint density at radius 3 is 2.90 bits per heavy atom. The molecule has 21 heavy (non-hydrogen) atoms. The van der Waals surface area contributed by atoms with Crippen molar-refractivity contribution in [1.82, 2.24) is 10.3 Å². The number of ether oxygens (including phenoxy) is 1. The molecule has 0 fully saturated rings. The Morgan fingerprint density at radius 1 is 1.38 bits per heavy atom. The van der Waals surface area contributed by atoms with Gasteiger partial charge in [0.15, 0.2) is 0 Å². The molecule has 0 amide bonds. The third-order valence-electron chi connectivity index (χ3n) is 3.36. The molecule has 2 rings (SSSR count). The highest BCUT2D eigenvalue weighted by Crippen LogP contribution is 2.24. The van der Waals surface area contributed by atoms with E-state index in [0.29, 0.717) is 12.3 Å². The lowest BCUT2D eigenvalue weighted by Crippen LogP contribution is -2.54. The maximum absolute atomic E-state index is 11.5. The molecule has 2 N–H and O–H groups in total. The summed E-state index contributed by atoms with van der Waals surface area (Å²) in [6, 6.07) is 9.32. The first kappa shape index (κ1) is 15.3. The van der Waals surface area contributed by atoms with Crippen LogP contribution < -0.4 is 10.1 Å². The van der Waals surface area contributed by atoms with Crippen molar-refractivity contribution in [1.29, 1.82) is 0 Å². The number of rotatable bonds is 7. The quantitative estimate of drug-likeness (QED) is 0.819. The molecule has 0 radical (unpaired) electrons. The second-order valence-corrected chi connectivity index (χ2v) is 5.18. The lowest BCUT2D eigenvalue weighted by Gasteiger charge is -2.26. The first-order valence-electron chi connectivity index (χ1n) is 7.02. The summed E-state index contributed by atoms with van der Waals surface area (Å²) in [6.07, 6.45) is 2.58. The molecule has 1 aromatic carbocycles. The summed E-state index contributed by atoms with van der Waals surface area (Å²) >= 11 is 0. The summed E-state index contributed by atoms with van der Waals surface area (Å²) in [6.45, 7) is 4.31. The van der Waals surface area contributed by atoms with Crippen molar-refractivity contribution in [3.05, 3.63) is 36.5 Å². The van der Waals surface area contributed by atoms with E-state index in [0.717, 1.165) is 17.3 Å². The van der Waals surface area contributed by atoms with Crippen LogP contribution in [0.4, 0.5) is 0 Å². The van der Waals surface area contributed by atoms with Crippen molar-refractivity contribution in [2.75, 3.05) is 13.2 Å². The molecule has 5 nitrogen and oxygen atoms in total. The molecular weight excluding hydrogens is 268 g/mol. The SMILES string of the molecule is CCCNC(C)(COc1cccc2ncccc12)C(=O)O. The van der Waals surface area contributed by atoms with Crippen LogP contribution in [0.1, 0.15) is 20.3 Å². The van der Waals surface area contributed by atoms with Crippen molar-refractivity contribution in [3.8, 4) is 5.75 Å². The number of aliphatic carboxylic acids is 1. The third kappa shape index (κ3) is 3.49. The van der Waals surface area contributed by atoms with Gasteiger partial charge in [-0.05, 0) is 44.2 Å². The van der Waals surface area contributed by atoms with Crippen LogP contribution in [0.25, 0.3) is 10.9 Å². The number of carboxylic acid groups (broad SMARTS) is 1. The van der Waals surface area contributed by atoms with Gasteiger partial charge in [-0.3, -0.25) is 15.1 Å². The summed E-state index contributed by atoms with van der Waals surface area (Å²) in [5.74, 6) is -0.277. The van der Waals surface area contributed by atoms with Crippen LogP contribution in [-0.4, -0.2) is 34.8 Å². The molecule has 0 bridgehead atoms. The van der Waals surface area contributed by atoms with E-state index in [2.05, 4.69) is 10.3 Å². The molecule has 1 heterocycles. The highest BCUT2D eigenvalue weighted by molar-refractivity contribution is 5.85. The topological polar surface area (TPSA) is 71.5 Å². The summed E-state index contributed by atoms with van der Waals surface area (Å²) in [5.41, 5.74) is -0.283. The fraction of sp³-hybridized carbons (Fsp3) is 0.375. The Bertz CT molecular complexity index is 624. The van der Waals surface area contributed by atoms with E-state index in [-0.39, 0.29) is 6.61 Å². The molecule has 1 unspecified atom stereocenters. The summed E-state index contributed by atoms with van der Waals surface area (Å²) in [4.78, 5) is 15.7. The predicted molar refractivity (Wildman–Crippen MR) is 81.6 cm³/mol. The van der Waals surface area contributed by atoms with Gasteiger partial charge in [0.25, 0.3) is 0 Å². The van der Waals surface area contributed by atoms with Crippen molar-refractivity contribution in [3.63, 3.8) is 0 Å². The molecule has 2 aromatic rings. The zero-order chi connectivity index (χ0) is 15.3. The van der Waals surface area contributed by atoms with Gasteiger partial charge in [-0.25, -0.2) is 0 Å². The normalized spacial score (nSPS) is 13.8. The van der Waals surface area contributed by atoms with Crippen molar-refractivity contribution >= 4 is 16.9 Å². The van der Waals surface area contributed by atoms with E-state index in [1.807, 2.05) is 37.3 Å². The molecule has 0 saturated heterocycles. The Hall–Kier alpha value is -2.14. The van der Waals surface area contributed by atoms with Crippen LogP contribution in [0.2, 0.25) is 0 Å². The van der Waals surface area contributed by atoms with Gasteiger partial charge >= 0.3 is 5.97 Å². The molecule has 0 aliphatic heterocycles. The van der Waals surface area contributed by atoms with Gasteiger partial charge in [-0.1, -0.05) is 13.0 Å². The molecule has 0 aliphatic rings. The number of aromatic nitrogens is 1. The smallest absolute Gasteiger partial charge is 0.327 e. The second kappa shape index (κ2) is 6.54. The van der Waals surface area contributed by atoms with Gasteiger partial charge in [-0.2, -0.15) is 0 Å². The van der Waals surface area contributed by atoms with Gasteiger partial charge in [0.1, 0.15) is 17.9 Å². The molecule has 0 spiro atoms. The van der Waals surface area contributed by atoms with E-state index >= 15 is 0 Å².